The molecule has 1 aliphatic heterocycles. The molecule has 0 aliphatic carbocycles. The van der Waals surface area contributed by atoms with Gasteiger partial charge in [0.1, 0.15) is 22.7 Å². The summed E-state index contributed by atoms with van der Waals surface area (Å²) in [6, 6.07) is 13.9. The maximum absolute atomic E-state index is 13.5. The van der Waals surface area contributed by atoms with E-state index in [1.165, 1.54) is 19.2 Å². The van der Waals surface area contributed by atoms with Gasteiger partial charge in [-0.1, -0.05) is 30.3 Å². The Bertz CT molecular complexity index is 1510. The van der Waals surface area contributed by atoms with Crippen molar-refractivity contribution in [3.63, 3.8) is 0 Å². The molecule has 5 rings (SSSR count). The zero-order chi connectivity index (χ0) is 27.9. The maximum Gasteiger partial charge on any atom is 0.433 e. The first-order valence-corrected chi connectivity index (χ1v) is 12.4. The molecule has 204 valence electrons. The summed E-state index contributed by atoms with van der Waals surface area (Å²) in [6.45, 7) is 2.23. The minimum absolute atomic E-state index is 0.0190. The number of hydrogen-bond acceptors (Lipinski definition) is 7. The number of nitrogens with zero attached hydrogens (tertiary/aromatic N) is 3. The number of aromatic nitrogens is 2. The van der Waals surface area contributed by atoms with Crippen molar-refractivity contribution in [3.05, 3.63) is 77.3 Å². The highest BCUT2D eigenvalue weighted by Gasteiger charge is 2.38. The number of pyridine rings is 1. The van der Waals surface area contributed by atoms with Gasteiger partial charge in [0.2, 0.25) is 11.7 Å². The molecule has 2 aromatic carbocycles. The number of oxazole rings is 1. The molecule has 1 fully saturated rings. The third-order valence-electron chi connectivity index (χ3n) is 7.03. The van der Waals surface area contributed by atoms with Crippen molar-refractivity contribution < 1.29 is 32.2 Å². The second-order valence-electron chi connectivity index (χ2n) is 9.62. The number of benzene rings is 2. The van der Waals surface area contributed by atoms with Gasteiger partial charge in [-0.05, 0) is 49.6 Å². The van der Waals surface area contributed by atoms with Gasteiger partial charge in [-0.2, -0.15) is 13.2 Å². The largest absolute Gasteiger partial charge is 0.494 e. The summed E-state index contributed by atoms with van der Waals surface area (Å²) in [7, 11) is 1.34. The van der Waals surface area contributed by atoms with Gasteiger partial charge in [-0.15, -0.1) is 0 Å². The molecule has 1 aliphatic rings. The van der Waals surface area contributed by atoms with Crippen LogP contribution in [-0.4, -0.2) is 46.1 Å². The fourth-order valence-corrected chi connectivity index (χ4v) is 4.87. The second-order valence-corrected chi connectivity index (χ2v) is 9.62. The van der Waals surface area contributed by atoms with Crippen molar-refractivity contribution >= 4 is 16.8 Å². The van der Waals surface area contributed by atoms with E-state index < -0.39 is 29.4 Å². The minimum atomic E-state index is -4.64. The van der Waals surface area contributed by atoms with Crippen LogP contribution in [0, 0.1) is 0 Å². The summed E-state index contributed by atoms with van der Waals surface area (Å²) in [5, 5.41) is 11.5. The summed E-state index contributed by atoms with van der Waals surface area (Å²) in [6.07, 6.45) is -3.96. The van der Waals surface area contributed by atoms with Crippen molar-refractivity contribution in [1.82, 2.24) is 14.9 Å². The van der Waals surface area contributed by atoms with Crippen LogP contribution in [0.1, 0.15) is 53.3 Å². The van der Waals surface area contributed by atoms with Crippen LogP contribution in [0.15, 0.2) is 59.0 Å². The molecule has 0 spiro atoms. The highest BCUT2D eigenvalue weighted by molar-refractivity contribution is 5.97. The number of hydrogen-bond donors (Lipinski definition) is 2. The fraction of sp³-hybridized carbons (Fsp3) is 0.321. The molecule has 3 N–H and O–H groups in total. The predicted molar refractivity (Wildman–Crippen MR) is 137 cm³/mol. The number of methoxy groups -OCH3 is 1. The summed E-state index contributed by atoms with van der Waals surface area (Å²) in [5.74, 6) is -0.299. The van der Waals surface area contributed by atoms with Gasteiger partial charge in [0.05, 0.1) is 12.7 Å². The molecule has 1 atom stereocenters. The number of piperidine rings is 1. The fourth-order valence-electron chi connectivity index (χ4n) is 4.87. The maximum atomic E-state index is 13.5. The topological polar surface area (TPSA) is 115 Å². The molecule has 11 heteroatoms. The van der Waals surface area contributed by atoms with Crippen molar-refractivity contribution in [2.75, 3.05) is 20.2 Å². The zero-order valence-corrected chi connectivity index (χ0v) is 21.3. The molecule has 8 nitrogen and oxygen atoms in total. The van der Waals surface area contributed by atoms with Gasteiger partial charge >= 0.3 is 6.18 Å². The quantitative estimate of drug-likeness (QED) is 0.364. The Morgan fingerprint density at radius 3 is 2.41 bits per heavy atom. The van der Waals surface area contributed by atoms with Crippen LogP contribution in [0.4, 0.5) is 13.2 Å². The monoisotopic (exact) mass is 540 g/mol. The van der Waals surface area contributed by atoms with Crippen molar-refractivity contribution in [3.8, 4) is 17.2 Å². The van der Waals surface area contributed by atoms with Crippen molar-refractivity contribution in [1.29, 1.82) is 0 Å². The van der Waals surface area contributed by atoms with Crippen LogP contribution in [-0.2, 0) is 11.8 Å². The van der Waals surface area contributed by atoms with Crippen LogP contribution in [0.5, 0.6) is 5.75 Å². The molecule has 3 heterocycles. The number of alkyl halides is 3. The van der Waals surface area contributed by atoms with Gasteiger partial charge in [0.25, 0.3) is 5.91 Å². The molecule has 1 saturated heterocycles. The molecule has 0 bridgehead atoms. The molecule has 1 unspecified atom stereocenters. The van der Waals surface area contributed by atoms with Crippen LogP contribution in [0.3, 0.4) is 0 Å². The molecular weight excluding hydrogens is 513 g/mol. The lowest BCUT2D eigenvalue weighted by Crippen LogP contribution is -2.45. The number of aliphatic hydroxyl groups is 1. The first-order chi connectivity index (χ1) is 18.5. The molecule has 1 amide bonds. The van der Waals surface area contributed by atoms with E-state index in [0.29, 0.717) is 23.8 Å². The number of carbonyl (C=O) groups excluding carboxylic acids is 1. The van der Waals surface area contributed by atoms with Gasteiger partial charge < -0.3 is 24.9 Å². The van der Waals surface area contributed by atoms with Crippen LogP contribution < -0.4 is 10.5 Å². The Kier molecular flexibility index (Phi) is 6.81. The third kappa shape index (κ3) is 4.95. The molecule has 0 saturated carbocycles. The normalized spacial score (nSPS) is 16.3. The summed E-state index contributed by atoms with van der Waals surface area (Å²) < 4.78 is 51.2. The Balaban J connectivity index is 1.49. The summed E-state index contributed by atoms with van der Waals surface area (Å²) in [4.78, 5) is 23.4. The number of halogens is 3. The standard InChI is InChI=1S/C28H27F3N4O4/c1-16(32)22-24(26(36)35-14-12-27(37,13-15-35)17-6-4-3-5-7-17)39-25(34-22)19-8-10-20(38-2)23-18(19)9-11-21(33-23)28(29,30)31/h3-11,16,37H,12-15,32H2,1-2H3. The van der Waals surface area contributed by atoms with Gasteiger partial charge in [-0.25, -0.2) is 9.97 Å². The van der Waals surface area contributed by atoms with Gasteiger partial charge in [-0.3, -0.25) is 4.79 Å². The van der Waals surface area contributed by atoms with Gasteiger partial charge in [0, 0.05) is 30.1 Å². The second kappa shape index (κ2) is 9.97. The van der Waals surface area contributed by atoms with E-state index in [0.717, 1.165) is 11.6 Å². The molecule has 0 radical (unpaired) electrons. The van der Waals surface area contributed by atoms with E-state index in [-0.39, 0.29) is 41.7 Å². The lowest BCUT2D eigenvalue weighted by Gasteiger charge is -2.38. The van der Waals surface area contributed by atoms with Crippen LogP contribution >= 0.6 is 0 Å². The minimum Gasteiger partial charge on any atom is -0.494 e. The van der Waals surface area contributed by atoms with E-state index in [2.05, 4.69) is 9.97 Å². The number of ether oxygens (including phenoxy) is 1. The van der Waals surface area contributed by atoms with Crippen molar-refractivity contribution in [2.24, 2.45) is 5.73 Å². The lowest BCUT2D eigenvalue weighted by atomic mass is 9.84. The number of likely N-dealkylation sites (tertiary alicyclic amines) is 1. The lowest BCUT2D eigenvalue weighted by molar-refractivity contribution is -0.140. The highest BCUT2D eigenvalue weighted by Crippen LogP contribution is 2.38. The predicted octanol–water partition coefficient (Wildman–Crippen LogP) is 5.06. The summed E-state index contributed by atoms with van der Waals surface area (Å²) in [5.41, 5.74) is 5.36. The Labute approximate surface area is 222 Å². The third-order valence-corrected chi connectivity index (χ3v) is 7.03. The number of nitrogens with two attached hydrogens (primary N) is 1. The van der Waals surface area contributed by atoms with Crippen molar-refractivity contribution in [2.45, 2.75) is 37.6 Å². The first kappa shape index (κ1) is 26.6. The number of carbonyl (C=O) groups is 1. The van der Waals surface area contributed by atoms with E-state index in [1.807, 2.05) is 30.3 Å². The molecule has 4 aromatic rings. The average molecular weight is 541 g/mol. The van der Waals surface area contributed by atoms with Crippen LogP contribution in [0.25, 0.3) is 22.4 Å². The molecular formula is C28H27F3N4O4. The Hall–Kier alpha value is -3.96. The van der Waals surface area contributed by atoms with Crippen LogP contribution in [0.2, 0.25) is 0 Å². The zero-order valence-electron chi connectivity index (χ0n) is 21.3. The van der Waals surface area contributed by atoms with E-state index in [1.54, 1.807) is 17.9 Å². The Morgan fingerprint density at radius 2 is 1.79 bits per heavy atom. The number of amides is 1. The van der Waals surface area contributed by atoms with E-state index >= 15 is 0 Å². The first-order valence-electron chi connectivity index (χ1n) is 12.4. The smallest absolute Gasteiger partial charge is 0.433 e. The number of fused-ring (bicyclic) bond motifs is 1. The van der Waals surface area contributed by atoms with E-state index in [4.69, 9.17) is 14.9 Å². The van der Waals surface area contributed by atoms with E-state index in [9.17, 15) is 23.1 Å². The van der Waals surface area contributed by atoms with Gasteiger partial charge in [0.15, 0.2) is 0 Å². The number of rotatable bonds is 5. The molecule has 2 aromatic heterocycles. The molecule has 39 heavy (non-hydrogen) atoms. The highest BCUT2D eigenvalue weighted by atomic mass is 19.4. The average Bonchev–Trinajstić information content (AvgIpc) is 3.38. The SMILES string of the molecule is COc1ccc(-c2nc(C(C)N)c(C(=O)N3CCC(O)(c4ccccc4)CC3)o2)c2ccc(C(F)(F)F)nc12. The summed E-state index contributed by atoms with van der Waals surface area (Å²) >= 11 is 0. The Morgan fingerprint density at radius 1 is 1.10 bits per heavy atom.